The van der Waals surface area contributed by atoms with Crippen LogP contribution in [-0.2, 0) is 4.79 Å². The van der Waals surface area contributed by atoms with Crippen molar-refractivity contribution < 1.29 is 18.4 Å². The molecule has 4 rings (SSSR count). The van der Waals surface area contributed by atoms with Gasteiger partial charge in [0, 0.05) is 11.3 Å². The Bertz CT molecular complexity index is 1070. The first-order valence-corrected chi connectivity index (χ1v) is 8.65. The Balaban J connectivity index is 1.37. The number of benzene rings is 2. The Labute approximate surface area is 161 Å². The van der Waals surface area contributed by atoms with Crippen molar-refractivity contribution in [2.75, 3.05) is 11.9 Å². The molecule has 0 unspecified atom stereocenters. The summed E-state index contributed by atoms with van der Waals surface area (Å²) in [5.41, 5.74) is 2.36. The third kappa shape index (κ3) is 3.93. The number of carbonyl (C=O) groups is 1. The molecule has 0 spiro atoms. The lowest BCUT2D eigenvalue weighted by Gasteiger charge is -2.09. The molecule has 2 heterocycles. The Morgan fingerprint density at radius 2 is 1.79 bits per heavy atom. The van der Waals surface area contributed by atoms with E-state index < -0.39 is 0 Å². The van der Waals surface area contributed by atoms with Gasteiger partial charge < -0.3 is 18.9 Å². The lowest BCUT2D eigenvalue weighted by atomic mass is 10.2. The van der Waals surface area contributed by atoms with Crippen LogP contribution in [0, 0.1) is 6.92 Å². The lowest BCUT2D eigenvalue weighted by Crippen LogP contribution is -2.20. The van der Waals surface area contributed by atoms with Crippen LogP contribution < -0.4 is 10.1 Å². The molecule has 0 fully saturated rings. The van der Waals surface area contributed by atoms with E-state index in [-0.39, 0.29) is 12.5 Å². The Morgan fingerprint density at radius 1 is 1.00 bits per heavy atom. The van der Waals surface area contributed by atoms with Crippen molar-refractivity contribution in [2.24, 2.45) is 0 Å². The minimum Gasteiger partial charge on any atom is -0.483 e. The third-order valence-electron chi connectivity index (χ3n) is 4.02. The maximum absolute atomic E-state index is 12.1. The van der Waals surface area contributed by atoms with Crippen molar-refractivity contribution in [3.05, 3.63) is 72.5 Å². The van der Waals surface area contributed by atoms with Crippen LogP contribution in [0.4, 0.5) is 5.69 Å². The highest BCUT2D eigenvalue weighted by molar-refractivity contribution is 5.92. The molecule has 2 aromatic carbocycles. The van der Waals surface area contributed by atoms with E-state index in [4.69, 9.17) is 13.6 Å². The number of amides is 1. The van der Waals surface area contributed by atoms with Crippen LogP contribution in [0.15, 0.2) is 75.8 Å². The van der Waals surface area contributed by atoms with Gasteiger partial charge >= 0.3 is 0 Å². The molecule has 0 aliphatic heterocycles. The first kappa shape index (κ1) is 17.5. The number of aryl methyl sites for hydroxylation is 1. The molecular weight excluding hydrogens is 358 g/mol. The fourth-order valence-electron chi connectivity index (χ4n) is 2.59. The predicted octanol–water partition coefficient (Wildman–Crippen LogP) is 4.32. The number of hydrogen-bond acceptors (Lipinski definition) is 6. The van der Waals surface area contributed by atoms with Crippen molar-refractivity contribution in [3.8, 4) is 28.9 Å². The molecule has 1 N–H and O–H groups in total. The Hall–Kier alpha value is -3.87. The van der Waals surface area contributed by atoms with E-state index in [9.17, 15) is 4.79 Å². The molecular formula is C21H17N3O4. The van der Waals surface area contributed by atoms with Gasteiger partial charge in [0.1, 0.15) is 5.75 Å². The number of hydrogen-bond donors (Lipinski definition) is 1. The molecule has 0 radical (unpaired) electrons. The number of aromatic nitrogens is 2. The monoisotopic (exact) mass is 375 g/mol. The summed E-state index contributed by atoms with van der Waals surface area (Å²) in [6, 6.07) is 18.1. The number of ether oxygens (including phenoxy) is 1. The highest BCUT2D eigenvalue weighted by Crippen LogP contribution is 2.25. The largest absolute Gasteiger partial charge is 0.483 e. The van der Waals surface area contributed by atoms with Crippen molar-refractivity contribution >= 4 is 11.6 Å². The number of carbonyl (C=O) groups excluding carboxylic acids is 1. The van der Waals surface area contributed by atoms with Gasteiger partial charge in [-0.3, -0.25) is 4.79 Å². The zero-order valence-electron chi connectivity index (χ0n) is 15.1. The summed E-state index contributed by atoms with van der Waals surface area (Å²) in [5, 5.41) is 10.8. The molecule has 7 nitrogen and oxygen atoms in total. The van der Waals surface area contributed by atoms with E-state index in [1.54, 1.807) is 42.7 Å². The number of para-hydroxylation sites is 1. The first-order valence-electron chi connectivity index (χ1n) is 8.65. The Morgan fingerprint density at radius 3 is 2.54 bits per heavy atom. The lowest BCUT2D eigenvalue weighted by molar-refractivity contribution is -0.118. The van der Waals surface area contributed by atoms with Gasteiger partial charge in [-0.2, -0.15) is 0 Å². The van der Waals surface area contributed by atoms with Gasteiger partial charge in [0.15, 0.2) is 12.4 Å². The van der Waals surface area contributed by atoms with Crippen LogP contribution in [0.5, 0.6) is 5.75 Å². The zero-order chi connectivity index (χ0) is 19.3. The van der Waals surface area contributed by atoms with Crippen LogP contribution in [0.1, 0.15) is 5.56 Å². The number of nitrogens with one attached hydrogen (secondary N) is 1. The molecule has 4 aromatic rings. The standard InChI is InChI=1S/C21H17N3O4/c1-14-5-2-3-6-17(14)27-13-19(25)22-16-10-8-15(9-11-16)20-23-24-21(28-20)18-7-4-12-26-18/h2-12H,13H2,1H3,(H,22,25). The van der Waals surface area contributed by atoms with Crippen molar-refractivity contribution in [1.29, 1.82) is 0 Å². The van der Waals surface area contributed by atoms with Gasteiger partial charge in [0.05, 0.1) is 6.26 Å². The van der Waals surface area contributed by atoms with Crippen LogP contribution >= 0.6 is 0 Å². The third-order valence-corrected chi connectivity index (χ3v) is 4.02. The zero-order valence-corrected chi connectivity index (χ0v) is 15.1. The van der Waals surface area contributed by atoms with E-state index in [0.29, 0.717) is 29.0 Å². The number of anilines is 1. The van der Waals surface area contributed by atoms with Gasteiger partial charge in [-0.05, 0) is 55.0 Å². The van der Waals surface area contributed by atoms with E-state index in [2.05, 4.69) is 15.5 Å². The molecule has 0 saturated heterocycles. The smallest absolute Gasteiger partial charge is 0.283 e. The number of furan rings is 1. The minimum absolute atomic E-state index is 0.0667. The highest BCUT2D eigenvalue weighted by atomic mass is 16.5. The second-order valence-electron chi connectivity index (χ2n) is 6.07. The highest BCUT2D eigenvalue weighted by Gasteiger charge is 2.12. The normalized spacial score (nSPS) is 10.6. The summed E-state index contributed by atoms with van der Waals surface area (Å²) in [6.45, 7) is 1.86. The fraction of sp³-hybridized carbons (Fsp3) is 0.0952. The van der Waals surface area contributed by atoms with Crippen molar-refractivity contribution in [3.63, 3.8) is 0 Å². The van der Waals surface area contributed by atoms with Gasteiger partial charge in [-0.1, -0.05) is 18.2 Å². The molecule has 0 atom stereocenters. The molecule has 0 aliphatic carbocycles. The molecule has 28 heavy (non-hydrogen) atoms. The Kier molecular flexibility index (Phi) is 4.88. The molecule has 1 amide bonds. The SMILES string of the molecule is Cc1ccccc1OCC(=O)Nc1ccc(-c2nnc(-c3ccco3)o2)cc1. The molecule has 140 valence electrons. The van der Waals surface area contributed by atoms with Crippen LogP contribution in [0.3, 0.4) is 0 Å². The van der Waals surface area contributed by atoms with Crippen molar-refractivity contribution in [1.82, 2.24) is 10.2 Å². The van der Waals surface area contributed by atoms with E-state index in [1.807, 2.05) is 31.2 Å². The van der Waals surface area contributed by atoms with Crippen LogP contribution in [-0.4, -0.2) is 22.7 Å². The molecule has 0 bridgehead atoms. The summed E-state index contributed by atoms with van der Waals surface area (Å²) in [5.74, 6) is 1.64. The van der Waals surface area contributed by atoms with Gasteiger partial charge in [-0.15, -0.1) is 10.2 Å². The molecule has 2 aromatic heterocycles. The summed E-state index contributed by atoms with van der Waals surface area (Å²) >= 11 is 0. The summed E-state index contributed by atoms with van der Waals surface area (Å²) in [6.07, 6.45) is 1.54. The quantitative estimate of drug-likeness (QED) is 0.540. The fourth-order valence-corrected chi connectivity index (χ4v) is 2.59. The average Bonchev–Trinajstić information content (AvgIpc) is 3.40. The minimum atomic E-state index is -0.242. The number of rotatable bonds is 6. The second kappa shape index (κ2) is 7.79. The van der Waals surface area contributed by atoms with Crippen molar-refractivity contribution in [2.45, 2.75) is 6.92 Å². The van der Waals surface area contributed by atoms with Crippen LogP contribution in [0.25, 0.3) is 23.1 Å². The van der Waals surface area contributed by atoms with E-state index in [0.717, 1.165) is 11.1 Å². The summed E-state index contributed by atoms with van der Waals surface area (Å²) in [7, 11) is 0. The molecule has 0 saturated carbocycles. The molecule has 0 aliphatic rings. The summed E-state index contributed by atoms with van der Waals surface area (Å²) < 4.78 is 16.4. The second-order valence-corrected chi connectivity index (χ2v) is 6.07. The summed E-state index contributed by atoms with van der Waals surface area (Å²) in [4.78, 5) is 12.1. The number of nitrogens with zero attached hydrogens (tertiary/aromatic N) is 2. The van der Waals surface area contributed by atoms with Gasteiger partial charge in [0.2, 0.25) is 5.89 Å². The predicted molar refractivity (Wildman–Crippen MR) is 103 cm³/mol. The average molecular weight is 375 g/mol. The van der Waals surface area contributed by atoms with Gasteiger partial charge in [-0.25, -0.2) is 0 Å². The van der Waals surface area contributed by atoms with Crippen LogP contribution in [0.2, 0.25) is 0 Å². The first-order chi connectivity index (χ1) is 13.7. The van der Waals surface area contributed by atoms with E-state index in [1.165, 1.54) is 0 Å². The van der Waals surface area contributed by atoms with Gasteiger partial charge in [0.25, 0.3) is 11.8 Å². The maximum atomic E-state index is 12.1. The molecule has 7 heteroatoms. The topological polar surface area (TPSA) is 90.4 Å². The van der Waals surface area contributed by atoms with E-state index >= 15 is 0 Å². The maximum Gasteiger partial charge on any atom is 0.283 e.